The lowest BCUT2D eigenvalue weighted by Gasteiger charge is -2.26. The molecule has 9 nitrogen and oxygen atoms in total. The van der Waals surface area contributed by atoms with Crippen LogP contribution in [-0.2, 0) is 22.7 Å². The number of nitrogens with one attached hydrogen (secondary N) is 1. The van der Waals surface area contributed by atoms with E-state index in [0.717, 1.165) is 11.3 Å². The van der Waals surface area contributed by atoms with Crippen LogP contribution in [0.3, 0.4) is 0 Å². The molecular formula is C32H33FN2O7. The van der Waals surface area contributed by atoms with Gasteiger partial charge in [-0.15, -0.1) is 0 Å². The van der Waals surface area contributed by atoms with E-state index in [-0.39, 0.29) is 24.5 Å². The Labute approximate surface area is 243 Å². The van der Waals surface area contributed by atoms with Gasteiger partial charge in [-0.2, -0.15) is 0 Å². The van der Waals surface area contributed by atoms with Crippen LogP contribution < -0.4 is 24.3 Å². The van der Waals surface area contributed by atoms with Crippen molar-refractivity contribution in [2.24, 2.45) is 0 Å². The molecule has 1 fully saturated rings. The van der Waals surface area contributed by atoms with Gasteiger partial charge in [-0.3, -0.25) is 19.8 Å². The van der Waals surface area contributed by atoms with Gasteiger partial charge in [-0.25, -0.2) is 9.18 Å². The van der Waals surface area contributed by atoms with Gasteiger partial charge in [0.15, 0.2) is 23.0 Å². The van der Waals surface area contributed by atoms with Crippen LogP contribution in [0.15, 0.2) is 66.2 Å². The lowest BCUT2D eigenvalue weighted by Crippen LogP contribution is -2.53. The Bertz CT molecular complexity index is 1490. The molecule has 1 aliphatic rings. The van der Waals surface area contributed by atoms with Crippen molar-refractivity contribution in [3.63, 3.8) is 0 Å². The monoisotopic (exact) mass is 576 g/mol. The second-order valence-electron chi connectivity index (χ2n) is 9.33. The molecule has 1 aliphatic heterocycles. The zero-order chi connectivity index (χ0) is 30.1. The average molecular weight is 577 g/mol. The summed E-state index contributed by atoms with van der Waals surface area (Å²) in [4.78, 5) is 39.7. The van der Waals surface area contributed by atoms with Crippen molar-refractivity contribution in [2.75, 3.05) is 19.8 Å². The van der Waals surface area contributed by atoms with E-state index in [1.165, 1.54) is 18.2 Å². The summed E-state index contributed by atoms with van der Waals surface area (Å²) in [5.41, 5.74) is 1.55. The zero-order valence-electron chi connectivity index (χ0n) is 23.8. The number of urea groups is 1. The average Bonchev–Trinajstić information content (AvgIpc) is 2.97. The second-order valence-corrected chi connectivity index (χ2v) is 9.33. The Hall–Kier alpha value is -4.86. The fraction of sp³-hybridized carbons (Fsp3) is 0.281. The molecule has 4 rings (SSSR count). The first kappa shape index (κ1) is 30.1. The number of halogens is 1. The summed E-state index contributed by atoms with van der Waals surface area (Å²) in [5, 5.41) is 2.24. The zero-order valence-corrected chi connectivity index (χ0v) is 23.8. The molecule has 0 unspecified atom stereocenters. The van der Waals surface area contributed by atoms with Crippen LogP contribution in [0.4, 0.5) is 9.18 Å². The fourth-order valence-corrected chi connectivity index (χ4v) is 4.23. The molecule has 0 aromatic heterocycles. The van der Waals surface area contributed by atoms with Gasteiger partial charge in [-0.05, 0) is 79.4 Å². The number of carbonyl (C=O) groups is 3. The molecule has 42 heavy (non-hydrogen) atoms. The minimum absolute atomic E-state index is 0.0829. The molecule has 0 radical (unpaired) electrons. The van der Waals surface area contributed by atoms with Crippen molar-refractivity contribution in [1.82, 2.24) is 10.2 Å². The molecule has 10 heteroatoms. The van der Waals surface area contributed by atoms with Crippen LogP contribution in [0.5, 0.6) is 23.0 Å². The van der Waals surface area contributed by atoms with Crippen LogP contribution in [0.1, 0.15) is 43.9 Å². The van der Waals surface area contributed by atoms with Crippen molar-refractivity contribution in [3.8, 4) is 23.0 Å². The number of imide groups is 2. The Kier molecular flexibility index (Phi) is 10.1. The summed E-state index contributed by atoms with van der Waals surface area (Å²) < 4.78 is 36.5. The topological polar surface area (TPSA) is 103 Å². The van der Waals surface area contributed by atoms with Crippen LogP contribution >= 0.6 is 0 Å². The van der Waals surface area contributed by atoms with E-state index in [0.29, 0.717) is 59.5 Å². The SMILES string of the molecule is CCCOc1ccc(CN2C(=O)NC(=O)/C(=C\c3ccc(OCc4cccc(F)c4)c(OCC)c3)C2=O)cc1OCC. The van der Waals surface area contributed by atoms with Gasteiger partial charge in [0.1, 0.15) is 18.0 Å². The van der Waals surface area contributed by atoms with E-state index in [9.17, 15) is 18.8 Å². The normalized spacial score (nSPS) is 14.1. The molecule has 0 atom stereocenters. The first-order valence-corrected chi connectivity index (χ1v) is 13.7. The van der Waals surface area contributed by atoms with E-state index in [2.05, 4.69) is 5.32 Å². The highest BCUT2D eigenvalue weighted by Crippen LogP contribution is 2.32. The third kappa shape index (κ3) is 7.45. The Balaban J connectivity index is 1.55. The number of amides is 4. The summed E-state index contributed by atoms with van der Waals surface area (Å²) >= 11 is 0. The minimum Gasteiger partial charge on any atom is -0.490 e. The molecule has 0 aliphatic carbocycles. The Morgan fingerprint density at radius 3 is 2.21 bits per heavy atom. The highest BCUT2D eigenvalue weighted by atomic mass is 19.1. The Morgan fingerprint density at radius 2 is 1.50 bits per heavy atom. The van der Waals surface area contributed by atoms with Crippen molar-refractivity contribution < 1.29 is 37.7 Å². The highest BCUT2D eigenvalue weighted by Gasteiger charge is 2.36. The van der Waals surface area contributed by atoms with E-state index in [1.807, 2.05) is 20.8 Å². The van der Waals surface area contributed by atoms with Crippen molar-refractivity contribution in [1.29, 1.82) is 0 Å². The van der Waals surface area contributed by atoms with Crippen molar-refractivity contribution in [3.05, 3.63) is 88.7 Å². The highest BCUT2D eigenvalue weighted by molar-refractivity contribution is 6.30. The van der Waals surface area contributed by atoms with Gasteiger partial charge in [0.2, 0.25) is 0 Å². The number of ether oxygens (including phenoxy) is 4. The number of carbonyl (C=O) groups excluding carboxylic acids is 3. The third-order valence-electron chi connectivity index (χ3n) is 6.16. The van der Waals surface area contributed by atoms with Crippen LogP contribution in [0, 0.1) is 5.82 Å². The minimum atomic E-state index is -0.817. The summed E-state index contributed by atoms with van der Waals surface area (Å²) in [6.45, 7) is 6.96. The lowest BCUT2D eigenvalue weighted by molar-refractivity contribution is -0.130. The first-order chi connectivity index (χ1) is 20.3. The maximum Gasteiger partial charge on any atom is 0.331 e. The van der Waals surface area contributed by atoms with Gasteiger partial charge < -0.3 is 18.9 Å². The van der Waals surface area contributed by atoms with Gasteiger partial charge >= 0.3 is 6.03 Å². The molecule has 1 saturated heterocycles. The molecule has 3 aromatic rings. The summed E-state index contributed by atoms with van der Waals surface area (Å²) in [7, 11) is 0. The molecule has 0 bridgehead atoms. The van der Waals surface area contributed by atoms with Crippen LogP contribution in [0.2, 0.25) is 0 Å². The summed E-state index contributed by atoms with van der Waals surface area (Å²) in [6.07, 6.45) is 2.22. The van der Waals surface area contributed by atoms with Gasteiger partial charge in [0.25, 0.3) is 11.8 Å². The number of hydrogen-bond acceptors (Lipinski definition) is 7. The van der Waals surface area contributed by atoms with E-state index < -0.39 is 17.8 Å². The molecule has 1 heterocycles. The summed E-state index contributed by atoms with van der Waals surface area (Å²) in [6, 6.07) is 15.4. The predicted octanol–water partition coefficient (Wildman–Crippen LogP) is 5.65. The molecule has 4 amide bonds. The predicted molar refractivity (Wildman–Crippen MR) is 154 cm³/mol. The summed E-state index contributed by atoms with van der Waals surface area (Å²) in [5.74, 6) is -0.0331. The largest absolute Gasteiger partial charge is 0.490 e. The lowest BCUT2D eigenvalue weighted by atomic mass is 10.1. The first-order valence-electron chi connectivity index (χ1n) is 13.7. The Morgan fingerprint density at radius 1 is 0.786 bits per heavy atom. The molecule has 3 aromatic carbocycles. The van der Waals surface area contributed by atoms with Gasteiger partial charge in [0, 0.05) is 0 Å². The number of rotatable bonds is 13. The number of benzene rings is 3. The molecular weight excluding hydrogens is 543 g/mol. The maximum absolute atomic E-state index is 13.5. The van der Waals surface area contributed by atoms with Gasteiger partial charge in [-0.1, -0.05) is 31.2 Å². The van der Waals surface area contributed by atoms with E-state index >= 15 is 0 Å². The number of barbiturate groups is 1. The number of hydrogen-bond donors (Lipinski definition) is 1. The third-order valence-corrected chi connectivity index (χ3v) is 6.16. The fourth-order valence-electron chi connectivity index (χ4n) is 4.23. The van der Waals surface area contributed by atoms with Crippen molar-refractivity contribution >= 4 is 23.9 Å². The van der Waals surface area contributed by atoms with E-state index in [4.69, 9.17) is 18.9 Å². The smallest absolute Gasteiger partial charge is 0.331 e. The number of nitrogens with zero attached hydrogens (tertiary/aromatic N) is 1. The quantitative estimate of drug-likeness (QED) is 0.207. The molecule has 220 valence electrons. The molecule has 1 N–H and O–H groups in total. The standard InChI is InChI=1S/C32H33FN2O7/c1-4-14-41-26-13-11-22(18-29(26)40-6-3)19-35-31(37)25(30(36)34-32(35)38)16-21-10-12-27(28(17-21)39-5-2)42-20-23-8-7-9-24(33)15-23/h7-13,15-18H,4-6,14,19-20H2,1-3H3,(H,34,36,38)/b25-16+. The molecule has 0 saturated carbocycles. The van der Waals surface area contributed by atoms with Crippen LogP contribution in [-0.4, -0.2) is 42.6 Å². The molecule has 0 spiro atoms. The van der Waals surface area contributed by atoms with Crippen LogP contribution in [0.25, 0.3) is 6.08 Å². The van der Waals surface area contributed by atoms with E-state index in [1.54, 1.807) is 48.5 Å². The maximum atomic E-state index is 13.5. The van der Waals surface area contributed by atoms with Gasteiger partial charge in [0.05, 0.1) is 26.4 Å². The second kappa shape index (κ2) is 14.2. The van der Waals surface area contributed by atoms with Crippen molar-refractivity contribution in [2.45, 2.75) is 40.3 Å².